The van der Waals surface area contributed by atoms with Crippen LogP contribution in [0.2, 0.25) is 0 Å². The first-order chi connectivity index (χ1) is 12.2. The molecular formula is C21H23N3O. The highest BCUT2D eigenvalue weighted by Crippen LogP contribution is 2.33. The Hall–Kier alpha value is -2.75. The molecule has 0 bridgehead atoms. The van der Waals surface area contributed by atoms with Crippen molar-refractivity contribution in [2.45, 2.75) is 33.1 Å². The molecule has 4 heteroatoms. The summed E-state index contributed by atoms with van der Waals surface area (Å²) in [5, 5.41) is 1.09. The molecule has 1 aliphatic rings. The number of nitrogens with zero attached hydrogens (tertiary/aromatic N) is 3. The van der Waals surface area contributed by atoms with Crippen LogP contribution in [0.3, 0.4) is 0 Å². The molecule has 3 heterocycles. The molecule has 0 amide bonds. The van der Waals surface area contributed by atoms with Crippen LogP contribution in [0.1, 0.15) is 33.1 Å². The van der Waals surface area contributed by atoms with Crippen LogP contribution in [0, 0.1) is 0 Å². The minimum atomic E-state index is 0.899. The van der Waals surface area contributed by atoms with Crippen molar-refractivity contribution in [2.75, 3.05) is 11.4 Å². The largest absolute Gasteiger partial charge is 0.464 e. The van der Waals surface area contributed by atoms with Gasteiger partial charge in [-0.15, -0.1) is 0 Å². The average molecular weight is 333 g/mol. The second-order valence-corrected chi connectivity index (χ2v) is 6.61. The van der Waals surface area contributed by atoms with Gasteiger partial charge in [0.15, 0.2) is 0 Å². The van der Waals surface area contributed by atoms with E-state index in [4.69, 9.17) is 9.40 Å². The van der Waals surface area contributed by atoms with Gasteiger partial charge < -0.3 is 9.32 Å². The number of anilines is 1. The zero-order chi connectivity index (χ0) is 17.4. The Balaban J connectivity index is 1.72. The number of imidazole rings is 1. The van der Waals surface area contributed by atoms with Gasteiger partial charge in [-0.1, -0.05) is 26.3 Å². The Morgan fingerprint density at radius 3 is 2.92 bits per heavy atom. The molecule has 4 nitrogen and oxygen atoms in total. The monoisotopic (exact) mass is 333 g/mol. The van der Waals surface area contributed by atoms with E-state index in [2.05, 4.69) is 54.3 Å². The molecule has 0 aliphatic carbocycles. The Labute approximate surface area is 148 Å². The summed E-state index contributed by atoms with van der Waals surface area (Å²) < 4.78 is 7.53. The third-order valence-corrected chi connectivity index (χ3v) is 4.77. The number of rotatable bonds is 5. The average Bonchev–Trinajstić information content (AvgIpc) is 3.24. The highest BCUT2D eigenvalue weighted by atomic mass is 16.3. The maximum absolute atomic E-state index is 5.44. The third kappa shape index (κ3) is 2.78. The molecule has 3 aromatic rings. The van der Waals surface area contributed by atoms with Crippen LogP contribution in [-0.2, 0) is 0 Å². The SMILES string of the molecule is C=C1C=C(C)N(CCCCC)c2nc(-c3ccc4occc4c3)cn21. The van der Waals surface area contributed by atoms with E-state index in [1.807, 2.05) is 12.1 Å². The lowest BCUT2D eigenvalue weighted by Crippen LogP contribution is -2.28. The van der Waals surface area contributed by atoms with Crippen molar-refractivity contribution < 1.29 is 4.42 Å². The Kier molecular flexibility index (Phi) is 3.96. The summed E-state index contributed by atoms with van der Waals surface area (Å²) in [6, 6.07) is 8.17. The predicted octanol–water partition coefficient (Wildman–Crippen LogP) is 5.68. The minimum absolute atomic E-state index is 0.899. The first-order valence-corrected chi connectivity index (χ1v) is 8.89. The van der Waals surface area contributed by atoms with Gasteiger partial charge in [-0.2, -0.15) is 0 Å². The van der Waals surface area contributed by atoms with Crippen molar-refractivity contribution in [3.63, 3.8) is 0 Å². The van der Waals surface area contributed by atoms with Crippen LogP contribution in [0.25, 0.3) is 27.9 Å². The van der Waals surface area contributed by atoms with E-state index >= 15 is 0 Å². The van der Waals surface area contributed by atoms with Crippen molar-refractivity contribution in [3.05, 3.63) is 55.1 Å². The van der Waals surface area contributed by atoms with E-state index in [0.717, 1.165) is 46.8 Å². The maximum Gasteiger partial charge on any atom is 0.215 e. The first-order valence-electron chi connectivity index (χ1n) is 8.89. The van der Waals surface area contributed by atoms with E-state index in [1.165, 1.54) is 18.5 Å². The van der Waals surface area contributed by atoms with Crippen LogP contribution >= 0.6 is 0 Å². The number of hydrogen-bond donors (Lipinski definition) is 0. The van der Waals surface area contributed by atoms with Crippen molar-refractivity contribution in [1.29, 1.82) is 0 Å². The standard InChI is InChI=1S/C21H23N3O/c1-4-5-6-10-23-15(2)12-16(3)24-14-19(22-21(23)24)17-7-8-20-18(13-17)9-11-25-20/h7-9,11-14H,3-6,10H2,1-2H3. The summed E-state index contributed by atoms with van der Waals surface area (Å²) in [6.07, 6.45) is 9.54. The second-order valence-electron chi connectivity index (χ2n) is 6.61. The molecule has 0 fully saturated rings. The molecule has 0 unspecified atom stereocenters. The van der Waals surface area contributed by atoms with Crippen LogP contribution in [0.4, 0.5) is 5.95 Å². The number of hydrogen-bond acceptors (Lipinski definition) is 3. The van der Waals surface area contributed by atoms with Crippen LogP contribution in [-0.4, -0.2) is 16.1 Å². The fourth-order valence-corrected chi connectivity index (χ4v) is 3.38. The molecule has 128 valence electrons. The van der Waals surface area contributed by atoms with Crippen LogP contribution in [0.5, 0.6) is 0 Å². The maximum atomic E-state index is 5.44. The van der Waals surface area contributed by atoms with Crippen LogP contribution in [0.15, 0.2) is 59.5 Å². The van der Waals surface area contributed by atoms with Crippen molar-refractivity contribution in [2.24, 2.45) is 0 Å². The zero-order valence-electron chi connectivity index (χ0n) is 14.8. The number of allylic oxidation sites excluding steroid dienone is 3. The van der Waals surface area contributed by atoms with Crippen molar-refractivity contribution in [3.8, 4) is 11.3 Å². The number of fused-ring (bicyclic) bond motifs is 2. The van der Waals surface area contributed by atoms with Gasteiger partial charge in [-0.25, -0.2) is 4.98 Å². The van der Waals surface area contributed by atoms with Gasteiger partial charge in [0, 0.05) is 35.1 Å². The third-order valence-electron chi connectivity index (χ3n) is 4.77. The first kappa shape index (κ1) is 15.8. The topological polar surface area (TPSA) is 34.2 Å². The molecule has 0 saturated heterocycles. The smallest absolute Gasteiger partial charge is 0.215 e. The summed E-state index contributed by atoms with van der Waals surface area (Å²) in [5.41, 5.74) is 5.12. The van der Waals surface area contributed by atoms with Gasteiger partial charge in [0.25, 0.3) is 0 Å². The minimum Gasteiger partial charge on any atom is -0.464 e. The van der Waals surface area contributed by atoms with Crippen molar-refractivity contribution >= 4 is 22.6 Å². The van der Waals surface area contributed by atoms with Crippen LogP contribution < -0.4 is 4.90 Å². The van der Waals surface area contributed by atoms with Gasteiger partial charge in [-0.3, -0.25) is 4.57 Å². The van der Waals surface area contributed by atoms with Gasteiger partial charge >= 0.3 is 0 Å². The Morgan fingerprint density at radius 2 is 2.08 bits per heavy atom. The number of aromatic nitrogens is 2. The van der Waals surface area contributed by atoms with E-state index in [-0.39, 0.29) is 0 Å². The lowest BCUT2D eigenvalue weighted by atomic mass is 10.1. The predicted molar refractivity (Wildman–Crippen MR) is 103 cm³/mol. The van der Waals surface area contributed by atoms with Gasteiger partial charge in [0.05, 0.1) is 12.0 Å². The molecular weight excluding hydrogens is 310 g/mol. The molecule has 0 atom stereocenters. The summed E-state index contributed by atoms with van der Waals surface area (Å²) >= 11 is 0. The fourth-order valence-electron chi connectivity index (χ4n) is 3.38. The lowest BCUT2D eigenvalue weighted by Gasteiger charge is -2.29. The van der Waals surface area contributed by atoms with Crippen molar-refractivity contribution in [1.82, 2.24) is 9.55 Å². The van der Waals surface area contributed by atoms with Gasteiger partial charge in [0.2, 0.25) is 5.95 Å². The summed E-state index contributed by atoms with van der Waals surface area (Å²) in [4.78, 5) is 7.23. The Morgan fingerprint density at radius 1 is 1.20 bits per heavy atom. The molecule has 0 spiro atoms. The van der Waals surface area contributed by atoms with E-state index < -0.39 is 0 Å². The molecule has 4 rings (SSSR count). The van der Waals surface area contributed by atoms with Gasteiger partial charge in [0.1, 0.15) is 5.58 Å². The van der Waals surface area contributed by atoms with E-state index in [9.17, 15) is 0 Å². The highest BCUT2D eigenvalue weighted by molar-refractivity contribution is 5.83. The Bertz CT molecular complexity index is 961. The highest BCUT2D eigenvalue weighted by Gasteiger charge is 2.22. The molecule has 0 radical (unpaired) electrons. The fraction of sp³-hybridized carbons (Fsp3) is 0.286. The molecule has 0 saturated carbocycles. The molecule has 1 aromatic carbocycles. The van der Waals surface area contributed by atoms with E-state index in [1.54, 1.807) is 6.26 Å². The number of furan rings is 1. The normalized spacial score (nSPS) is 14.1. The quantitative estimate of drug-likeness (QED) is 0.563. The summed E-state index contributed by atoms with van der Waals surface area (Å²) in [6.45, 7) is 9.54. The summed E-state index contributed by atoms with van der Waals surface area (Å²) in [7, 11) is 0. The number of unbranched alkanes of at least 4 members (excludes halogenated alkanes) is 2. The number of benzene rings is 1. The second kappa shape index (κ2) is 6.28. The zero-order valence-corrected chi connectivity index (χ0v) is 14.8. The van der Waals surface area contributed by atoms with Gasteiger partial charge in [-0.05, 0) is 43.7 Å². The van der Waals surface area contributed by atoms with E-state index in [0.29, 0.717) is 0 Å². The molecule has 1 aliphatic heterocycles. The molecule has 2 aromatic heterocycles. The molecule has 25 heavy (non-hydrogen) atoms. The summed E-state index contributed by atoms with van der Waals surface area (Å²) in [5.74, 6) is 0.961. The molecule has 0 N–H and O–H groups in total. The lowest BCUT2D eigenvalue weighted by molar-refractivity contribution is 0.616.